The van der Waals surface area contributed by atoms with Crippen molar-refractivity contribution < 1.29 is 0 Å². The molecule has 3 heterocycles. The second-order valence-corrected chi connectivity index (χ2v) is 10.5. The van der Waals surface area contributed by atoms with Crippen molar-refractivity contribution in [3.8, 4) is 0 Å². The number of thioether (sulfide) groups is 4. The van der Waals surface area contributed by atoms with E-state index in [1.165, 1.54) is 74.7 Å². The van der Waals surface area contributed by atoms with E-state index < -0.39 is 0 Å². The first-order valence-electron chi connectivity index (χ1n) is 5.49. The van der Waals surface area contributed by atoms with E-state index in [0.717, 1.165) is 0 Å². The Balaban J connectivity index is 2.15. The molecule has 0 fully saturated rings. The van der Waals surface area contributed by atoms with Crippen molar-refractivity contribution in [2.45, 2.75) is 19.6 Å². The number of hydrogen-bond acceptors (Lipinski definition) is 7. The highest BCUT2D eigenvalue weighted by Crippen LogP contribution is 2.54. The summed E-state index contributed by atoms with van der Waals surface area (Å²) in [5, 5.41) is 0. The molecule has 18 heavy (non-hydrogen) atoms. The van der Waals surface area contributed by atoms with Gasteiger partial charge in [-0.2, -0.15) is 0 Å². The molecule has 2 aliphatic heterocycles. The van der Waals surface area contributed by atoms with Gasteiger partial charge in [-0.25, -0.2) is 0 Å². The number of benzene rings is 1. The van der Waals surface area contributed by atoms with Crippen LogP contribution in [-0.2, 0) is 0 Å². The molecule has 0 spiro atoms. The molecule has 4 rings (SSSR count). The fourth-order valence-electron chi connectivity index (χ4n) is 2.09. The highest BCUT2D eigenvalue weighted by atomic mass is 32.2. The third-order valence-corrected chi connectivity index (χ3v) is 10.5. The Morgan fingerprint density at radius 1 is 0.611 bits per heavy atom. The molecule has 0 N–H and O–H groups in total. The lowest BCUT2D eigenvalue weighted by Gasteiger charge is -2.24. The van der Waals surface area contributed by atoms with Gasteiger partial charge in [0, 0.05) is 42.6 Å². The molecule has 0 amide bonds. The highest BCUT2D eigenvalue weighted by molar-refractivity contribution is 8.08. The molecule has 0 unspecified atom stereocenters. The molecule has 1 nitrogen and oxygen atoms in total. The summed E-state index contributed by atoms with van der Waals surface area (Å²) >= 11 is 10.7. The molecule has 2 aliphatic rings. The largest absolute Gasteiger partial charge is 0.288 e. The molecule has 0 saturated heterocycles. The molecule has 0 radical (unpaired) electrons. The van der Waals surface area contributed by atoms with Gasteiger partial charge in [0.15, 0.2) is 0 Å². The van der Waals surface area contributed by atoms with E-state index >= 15 is 0 Å². The maximum Gasteiger partial charge on any atom is 0.288 e. The van der Waals surface area contributed by atoms with E-state index in [9.17, 15) is 4.79 Å². The zero-order chi connectivity index (χ0) is 12.1. The quantitative estimate of drug-likeness (QED) is 0.683. The minimum absolute atomic E-state index is 0.243. The second kappa shape index (κ2) is 4.93. The first-order chi connectivity index (χ1) is 8.84. The average molecular weight is 349 g/mol. The van der Waals surface area contributed by atoms with Gasteiger partial charge in [-0.15, -0.1) is 47.0 Å². The van der Waals surface area contributed by atoms with Crippen molar-refractivity contribution in [1.82, 2.24) is 0 Å². The predicted molar refractivity (Wildman–Crippen MR) is 88.9 cm³/mol. The first kappa shape index (κ1) is 12.5. The smallest absolute Gasteiger partial charge is 0.265 e. The Morgan fingerprint density at radius 2 is 1.00 bits per heavy atom. The second-order valence-electron chi connectivity index (χ2n) is 3.82. The average Bonchev–Trinajstić information content (AvgIpc) is 2.81. The van der Waals surface area contributed by atoms with E-state index in [-0.39, 0.29) is 4.06 Å². The summed E-state index contributed by atoms with van der Waals surface area (Å²) < 4.78 is 2.75. The number of rotatable bonds is 0. The van der Waals surface area contributed by atoms with Gasteiger partial charge >= 0.3 is 0 Å². The molecule has 94 valence electrons. The van der Waals surface area contributed by atoms with Crippen molar-refractivity contribution in [3.05, 3.63) is 8.85 Å². The van der Waals surface area contributed by atoms with E-state index in [2.05, 4.69) is 0 Å². The van der Waals surface area contributed by atoms with Crippen molar-refractivity contribution in [2.75, 3.05) is 23.0 Å². The molecule has 0 atom stereocenters. The Bertz CT molecular complexity index is 629. The van der Waals surface area contributed by atoms with Crippen LogP contribution in [-0.4, -0.2) is 23.0 Å². The standard InChI is InChI=1S/C11H8OS6/c12-11-17-9-7-5(13-1-3-15-7)6-8(10(9)18-11)16-4-2-14-6/h1-4H2. The summed E-state index contributed by atoms with van der Waals surface area (Å²) in [7, 11) is 0. The van der Waals surface area contributed by atoms with Crippen LogP contribution in [0.5, 0.6) is 0 Å². The Morgan fingerprint density at radius 3 is 1.44 bits per heavy atom. The zero-order valence-electron chi connectivity index (χ0n) is 9.19. The summed E-state index contributed by atoms with van der Waals surface area (Å²) in [6.07, 6.45) is 0. The van der Waals surface area contributed by atoms with Gasteiger partial charge in [0.1, 0.15) is 0 Å². The third-order valence-electron chi connectivity index (χ3n) is 2.76. The van der Waals surface area contributed by atoms with Crippen LogP contribution in [0.1, 0.15) is 0 Å². The van der Waals surface area contributed by atoms with Gasteiger partial charge in [-0.05, 0) is 0 Å². The van der Waals surface area contributed by atoms with Crippen molar-refractivity contribution in [1.29, 1.82) is 0 Å². The Hall–Kier alpha value is 0.730. The Kier molecular flexibility index (Phi) is 3.41. The molecule has 0 bridgehead atoms. The summed E-state index contributed by atoms with van der Waals surface area (Å²) in [5.41, 5.74) is 0. The normalized spacial score (nSPS) is 18.7. The van der Waals surface area contributed by atoms with Gasteiger partial charge in [0.25, 0.3) is 4.06 Å². The highest BCUT2D eigenvalue weighted by Gasteiger charge is 2.26. The van der Waals surface area contributed by atoms with Crippen LogP contribution in [0, 0.1) is 0 Å². The van der Waals surface area contributed by atoms with Gasteiger partial charge in [0.2, 0.25) is 0 Å². The van der Waals surface area contributed by atoms with Gasteiger partial charge in [0.05, 0.1) is 9.40 Å². The summed E-state index contributed by atoms with van der Waals surface area (Å²) in [4.78, 5) is 17.5. The molecule has 2 aromatic rings. The summed E-state index contributed by atoms with van der Waals surface area (Å²) in [6, 6.07) is 0. The maximum absolute atomic E-state index is 11.8. The van der Waals surface area contributed by atoms with Crippen LogP contribution in [0.4, 0.5) is 0 Å². The SMILES string of the molecule is O=c1sc2c3c(c4c(c2s1)SCCS4)SCCS3. The summed E-state index contributed by atoms with van der Waals surface area (Å²) in [5.74, 6) is 4.72. The molecular formula is C11H8OS6. The van der Waals surface area contributed by atoms with Crippen molar-refractivity contribution >= 4 is 79.1 Å². The predicted octanol–water partition coefficient (Wildman–Crippen LogP) is 4.72. The van der Waals surface area contributed by atoms with E-state index in [4.69, 9.17) is 0 Å². The fraction of sp³-hybridized carbons (Fsp3) is 0.364. The van der Waals surface area contributed by atoms with E-state index in [1.807, 2.05) is 47.0 Å². The molecule has 0 saturated carbocycles. The van der Waals surface area contributed by atoms with Crippen LogP contribution >= 0.6 is 69.7 Å². The van der Waals surface area contributed by atoms with Crippen LogP contribution in [0.2, 0.25) is 0 Å². The number of fused-ring (bicyclic) bond motifs is 6. The lowest BCUT2D eigenvalue weighted by atomic mass is 10.3. The fourth-order valence-corrected chi connectivity index (χ4v) is 10.2. The van der Waals surface area contributed by atoms with Gasteiger partial charge in [-0.1, -0.05) is 22.7 Å². The van der Waals surface area contributed by atoms with Crippen LogP contribution < -0.4 is 4.06 Å². The molecular weight excluding hydrogens is 341 g/mol. The molecule has 0 aliphatic carbocycles. The lowest BCUT2D eigenvalue weighted by Crippen LogP contribution is -2.01. The monoisotopic (exact) mass is 348 g/mol. The van der Waals surface area contributed by atoms with Crippen molar-refractivity contribution in [3.63, 3.8) is 0 Å². The minimum atomic E-state index is 0.243. The van der Waals surface area contributed by atoms with E-state index in [0.29, 0.717) is 0 Å². The van der Waals surface area contributed by atoms with Crippen LogP contribution in [0.3, 0.4) is 0 Å². The first-order valence-corrected chi connectivity index (χ1v) is 11.1. The summed E-state index contributed by atoms with van der Waals surface area (Å²) in [6.45, 7) is 0. The van der Waals surface area contributed by atoms with Gasteiger partial charge in [-0.3, -0.25) is 4.79 Å². The molecule has 7 heteroatoms. The maximum atomic E-state index is 11.8. The lowest BCUT2D eigenvalue weighted by molar-refractivity contribution is 1.07. The number of hydrogen-bond donors (Lipinski definition) is 0. The Labute approximate surface area is 130 Å². The third kappa shape index (κ3) is 1.90. The van der Waals surface area contributed by atoms with Crippen LogP contribution in [0.25, 0.3) is 9.40 Å². The van der Waals surface area contributed by atoms with Crippen LogP contribution in [0.15, 0.2) is 24.4 Å². The van der Waals surface area contributed by atoms with E-state index in [1.54, 1.807) is 0 Å². The minimum Gasteiger partial charge on any atom is -0.265 e. The molecule has 1 aromatic heterocycles. The molecule has 1 aromatic carbocycles. The van der Waals surface area contributed by atoms with Gasteiger partial charge < -0.3 is 0 Å². The topological polar surface area (TPSA) is 17.1 Å². The van der Waals surface area contributed by atoms with Crippen molar-refractivity contribution in [2.24, 2.45) is 0 Å². The zero-order valence-corrected chi connectivity index (χ0v) is 14.1.